The number of fused-ring (bicyclic) bond motifs is 1. The van der Waals surface area contributed by atoms with Crippen LogP contribution in [0.1, 0.15) is 24.4 Å². The van der Waals surface area contributed by atoms with Gasteiger partial charge in [0.2, 0.25) is 0 Å². The average Bonchev–Trinajstić information content (AvgIpc) is 3.00. The summed E-state index contributed by atoms with van der Waals surface area (Å²) >= 11 is 6.07. The normalized spacial score (nSPS) is 15.9. The zero-order chi connectivity index (χ0) is 11.1. The van der Waals surface area contributed by atoms with Crippen LogP contribution in [0, 0.1) is 0 Å². The molecular weight excluding hydrogens is 222 g/mol. The smallest absolute Gasteiger partial charge is 0.0961 e. The lowest BCUT2D eigenvalue weighted by Gasteiger charge is -2.07. The van der Waals surface area contributed by atoms with E-state index in [1.165, 1.54) is 23.9 Å². The number of imidazole rings is 1. The molecule has 84 valence electrons. The van der Waals surface area contributed by atoms with Crippen LogP contribution >= 0.6 is 11.6 Å². The molecule has 0 atom stereocenters. The third-order valence-corrected chi connectivity index (χ3v) is 3.29. The second kappa shape index (κ2) is 3.75. The van der Waals surface area contributed by atoms with Crippen molar-refractivity contribution in [2.75, 3.05) is 6.54 Å². The first kappa shape index (κ1) is 10.1. The van der Waals surface area contributed by atoms with Gasteiger partial charge < -0.3 is 10.3 Å². The highest BCUT2D eigenvalue weighted by Crippen LogP contribution is 2.38. The van der Waals surface area contributed by atoms with E-state index < -0.39 is 0 Å². The molecule has 1 aliphatic rings. The minimum absolute atomic E-state index is 0.641. The Morgan fingerprint density at radius 2 is 2.25 bits per heavy atom. The van der Waals surface area contributed by atoms with E-state index in [4.69, 9.17) is 17.3 Å². The summed E-state index contributed by atoms with van der Waals surface area (Å²) in [5.74, 6) is 0. The summed E-state index contributed by atoms with van der Waals surface area (Å²) in [5, 5.41) is 0.747. The summed E-state index contributed by atoms with van der Waals surface area (Å²) in [6.45, 7) is 0.644. The van der Waals surface area contributed by atoms with Crippen LogP contribution in [0.15, 0.2) is 18.5 Å². The van der Waals surface area contributed by atoms with Crippen LogP contribution in [-0.4, -0.2) is 16.1 Å². The predicted octanol–water partition coefficient (Wildman–Crippen LogP) is 2.53. The molecule has 0 amide bonds. The first-order valence-corrected chi connectivity index (χ1v) is 6.02. The molecule has 4 heteroatoms. The molecule has 1 aromatic heterocycles. The van der Waals surface area contributed by atoms with E-state index in [-0.39, 0.29) is 0 Å². The molecule has 0 unspecified atom stereocenters. The fourth-order valence-electron chi connectivity index (χ4n) is 2.19. The summed E-state index contributed by atoms with van der Waals surface area (Å²) < 4.78 is 2.27. The van der Waals surface area contributed by atoms with Gasteiger partial charge in [0.05, 0.1) is 17.4 Å². The van der Waals surface area contributed by atoms with Gasteiger partial charge in [0.15, 0.2) is 0 Å². The van der Waals surface area contributed by atoms with E-state index in [0.717, 1.165) is 17.0 Å². The fourth-order valence-corrected chi connectivity index (χ4v) is 2.43. The highest BCUT2D eigenvalue weighted by Gasteiger charge is 2.25. The molecular formula is C12H14ClN3. The molecule has 1 saturated carbocycles. The lowest BCUT2D eigenvalue weighted by molar-refractivity contribution is 0.761. The van der Waals surface area contributed by atoms with E-state index in [1.807, 2.05) is 18.5 Å². The first-order valence-electron chi connectivity index (χ1n) is 5.64. The molecule has 0 saturated heterocycles. The lowest BCUT2D eigenvalue weighted by Crippen LogP contribution is -2.05. The Bertz CT molecular complexity index is 528. The van der Waals surface area contributed by atoms with Gasteiger partial charge in [0.1, 0.15) is 0 Å². The lowest BCUT2D eigenvalue weighted by atomic mass is 10.1. The van der Waals surface area contributed by atoms with E-state index in [2.05, 4.69) is 9.55 Å². The van der Waals surface area contributed by atoms with E-state index in [1.54, 1.807) is 0 Å². The van der Waals surface area contributed by atoms with Crippen molar-refractivity contribution < 1.29 is 0 Å². The van der Waals surface area contributed by atoms with Crippen molar-refractivity contribution >= 4 is 22.6 Å². The number of rotatable bonds is 3. The number of hydrogen-bond acceptors (Lipinski definition) is 2. The Morgan fingerprint density at radius 1 is 1.44 bits per heavy atom. The summed E-state index contributed by atoms with van der Waals surface area (Å²) in [4.78, 5) is 4.42. The van der Waals surface area contributed by atoms with Crippen molar-refractivity contribution in [3.8, 4) is 0 Å². The van der Waals surface area contributed by atoms with Gasteiger partial charge in [-0.3, -0.25) is 0 Å². The van der Waals surface area contributed by atoms with Crippen LogP contribution in [0.4, 0.5) is 0 Å². The molecule has 0 spiro atoms. The Balaban J connectivity index is 2.22. The van der Waals surface area contributed by atoms with Gasteiger partial charge in [-0.25, -0.2) is 4.98 Å². The number of hydrogen-bond donors (Lipinski definition) is 1. The summed E-state index contributed by atoms with van der Waals surface area (Å²) in [6.07, 6.45) is 5.31. The van der Waals surface area contributed by atoms with Gasteiger partial charge in [-0.05, 0) is 43.5 Å². The van der Waals surface area contributed by atoms with Crippen molar-refractivity contribution in [1.82, 2.24) is 9.55 Å². The molecule has 16 heavy (non-hydrogen) atoms. The van der Waals surface area contributed by atoms with E-state index >= 15 is 0 Å². The van der Waals surface area contributed by atoms with Crippen molar-refractivity contribution in [3.05, 3.63) is 29.0 Å². The zero-order valence-electron chi connectivity index (χ0n) is 8.99. The van der Waals surface area contributed by atoms with Crippen molar-refractivity contribution in [3.63, 3.8) is 0 Å². The molecule has 1 aliphatic carbocycles. The fraction of sp³-hybridized carbons (Fsp3) is 0.417. The van der Waals surface area contributed by atoms with Crippen molar-refractivity contribution in [2.45, 2.75) is 25.3 Å². The molecule has 1 aromatic carbocycles. The maximum Gasteiger partial charge on any atom is 0.0961 e. The molecule has 1 heterocycles. The summed E-state index contributed by atoms with van der Waals surface area (Å²) in [5.41, 5.74) is 9.07. The first-order chi connectivity index (χ1) is 7.79. The molecule has 3 nitrogen and oxygen atoms in total. The topological polar surface area (TPSA) is 43.8 Å². The molecule has 0 bridgehead atoms. The Labute approximate surface area is 99.2 Å². The molecule has 1 fully saturated rings. The second-order valence-electron chi connectivity index (χ2n) is 4.35. The molecule has 2 aromatic rings. The number of nitrogens with zero attached hydrogens (tertiary/aromatic N) is 2. The van der Waals surface area contributed by atoms with Gasteiger partial charge in [-0.2, -0.15) is 0 Å². The number of benzene rings is 1. The SMILES string of the molecule is NCCc1cc(Cl)cc2ncn(C3CC3)c12. The Hall–Kier alpha value is -1.06. The summed E-state index contributed by atoms with van der Waals surface area (Å²) in [7, 11) is 0. The maximum atomic E-state index is 6.07. The molecule has 0 aliphatic heterocycles. The maximum absolute atomic E-state index is 6.07. The van der Waals surface area contributed by atoms with Crippen LogP contribution < -0.4 is 5.73 Å². The summed E-state index contributed by atoms with van der Waals surface area (Å²) in [6, 6.07) is 4.58. The minimum atomic E-state index is 0.641. The second-order valence-corrected chi connectivity index (χ2v) is 4.79. The van der Waals surface area contributed by atoms with Crippen molar-refractivity contribution in [2.24, 2.45) is 5.73 Å². The van der Waals surface area contributed by atoms with Gasteiger partial charge in [0.25, 0.3) is 0 Å². The third kappa shape index (κ3) is 1.60. The minimum Gasteiger partial charge on any atom is -0.330 e. The van der Waals surface area contributed by atoms with Crippen molar-refractivity contribution in [1.29, 1.82) is 0 Å². The molecule has 2 N–H and O–H groups in total. The van der Waals surface area contributed by atoms with Crippen LogP contribution in [0.3, 0.4) is 0 Å². The van der Waals surface area contributed by atoms with Gasteiger partial charge >= 0.3 is 0 Å². The standard InChI is InChI=1S/C12H14ClN3/c13-9-5-8(3-4-14)12-11(6-9)15-7-16(12)10-1-2-10/h5-7,10H,1-4,14H2. The zero-order valence-corrected chi connectivity index (χ0v) is 9.74. The van der Waals surface area contributed by atoms with Gasteiger partial charge in [0, 0.05) is 11.1 Å². The van der Waals surface area contributed by atoms with Gasteiger partial charge in [-0.15, -0.1) is 0 Å². The largest absolute Gasteiger partial charge is 0.330 e. The van der Waals surface area contributed by atoms with Crippen LogP contribution in [0.2, 0.25) is 5.02 Å². The molecule has 3 rings (SSSR count). The predicted molar refractivity (Wildman–Crippen MR) is 65.8 cm³/mol. The number of nitrogens with two attached hydrogens (primary N) is 1. The number of halogens is 1. The highest BCUT2D eigenvalue weighted by molar-refractivity contribution is 6.31. The monoisotopic (exact) mass is 235 g/mol. The third-order valence-electron chi connectivity index (χ3n) is 3.07. The van der Waals surface area contributed by atoms with Gasteiger partial charge in [-0.1, -0.05) is 11.6 Å². The average molecular weight is 236 g/mol. The highest BCUT2D eigenvalue weighted by atomic mass is 35.5. The van der Waals surface area contributed by atoms with Crippen LogP contribution in [0.5, 0.6) is 0 Å². The quantitative estimate of drug-likeness (QED) is 0.889. The van der Waals surface area contributed by atoms with E-state index in [9.17, 15) is 0 Å². The number of aromatic nitrogens is 2. The Kier molecular flexibility index (Phi) is 2.37. The van der Waals surface area contributed by atoms with Crippen LogP contribution in [-0.2, 0) is 6.42 Å². The van der Waals surface area contributed by atoms with Crippen LogP contribution in [0.25, 0.3) is 11.0 Å². The Morgan fingerprint density at radius 3 is 2.94 bits per heavy atom. The van der Waals surface area contributed by atoms with E-state index in [0.29, 0.717) is 12.6 Å². The molecule has 0 radical (unpaired) electrons.